The summed E-state index contributed by atoms with van der Waals surface area (Å²) >= 11 is 0. The Kier molecular flexibility index (Phi) is 48.8. The number of unbranched alkanes of at least 4 members (excludes halogenated alkanes) is 2. The number of phenolic OH excluding ortho intramolecular Hbond substituents is 2. The van der Waals surface area contributed by atoms with Crippen molar-refractivity contribution in [3.8, 4) is 28.7 Å². The van der Waals surface area contributed by atoms with E-state index in [0.29, 0.717) is 169 Å². The zero-order valence-electron chi connectivity index (χ0n) is 65.6. The minimum absolute atomic E-state index is 0.00555. The molecule has 2 aliphatic heterocycles. The number of amides is 4. The second-order valence-electron chi connectivity index (χ2n) is 26.4. The van der Waals surface area contributed by atoms with Gasteiger partial charge in [-0.15, -0.1) is 0 Å². The molecule has 49 heteroatoms. The Labute approximate surface area is 686 Å². The Balaban J connectivity index is 0.886. The fourth-order valence-electron chi connectivity index (χ4n) is 10.8. The first-order valence-corrected chi connectivity index (χ1v) is 41.7. The van der Waals surface area contributed by atoms with Gasteiger partial charge in [-0.25, -0.2) is 22.8 Å². The summed E-state index contributed by atoms with van der Waals surface area (Å²) in [4.78, 5) is 84.6. The van der Waals surface area contributed by atoms with E-state index in [9.17, 15) is 106 Å². The third-order valence-corrected chi connectivity index (χ3v) is 18.9. The summed E-state index contributed by atoms with van der Waals surface area (Å²) in [5.41, 5.74) is 1.38. The van der Waals surface area contributed by atoms with E-state index in [1.165, 1.54) is 24.3 Å². The molecule has 2 heterocycles. The van der Waals surface area contributed by atoms with E-state index in [4.69, 9.17) is 73.3 Å². The summed E-state index contributed by atoms with van der Waals surface area (Å²) < 4.78 is 167. The van der Waals surface area contributed by atoms with Crippen LogP contribution in [-0.2, 0) is 66.0 Å². The average molecular weight is 1770 g/mol. The Bertz CT molecular complexity index is 3550. The first-order valence-electron chi connectivity index (χ1n) is 38.1. The van der Waals surface area contributed by atoms with E-state index in [1.54, 1.807) is 12.4 Å². The maximum Gasteiger partial charge on any atom is 0.325 e. The van der Waals surface area contributed by atoms with Gasteiger partial charge in [0.1, 0.15) is 36.6 Å². The standard InChI is InChI=1S/C71H110F5N11O31P2/c72-56-57(73)59(75)67(60(76)58(56)74)118-55(90)11-21-105-27-33-111-36-30-108-24-18-87(19-25-109-31-37-112-34-28-106-22-16-79-43-47(85-77)5-1-3-14-81-70(97)83-45-7-9-51(49(88)41-45)114-68-65(95)63(93)61(91)53(116-68)12-39-119(99,100)101)20-26-110-32-38-113-35-29-107-23-17-80-44-48(86-78)6-2-4-15-82-71(98)84-46-8-10-52(50(89)42-46)115-69-66(96)64(94)62(92)54(117-69)13-40-120(102,103)104/h7-10,41-44,53-54,61-66,68-69,88-89,91-96H,1-6,11-40,77-78H2,(H2,81,83,97)(H2,82,84,98)(H2,99,100,101)(H2,102,103,104)/t53-,54-,61-,62-,63+,64+,65+,66+,68+,69+/m1/s1. The van der Waals surface area contributed by atoms with Gasteiger partial charge < -0.3 is 160 Å². The predicted octanol–water partition coefficient (Wildman–Crippen LogP) is 0.804. The van der Waals surface area contributed by atoms with Crippen molar-refractivity contribution in [3.63, 3.8) is 0 Å². The number of hydrogen-bond donors (Lipinski definition) is 18. The van der Waals surface area contributed by atoms with E-state index in [2.05, 4.69) is 51.1 Å². The van der Waals surface area contributed by atoms with E-state index in [0.717, 1.165) is 12.1 Å². The lowest BCUT2D eigenvalue weighted by Gasteiger charge is -2.40. The lowest BCUT2D eigenvalue weighted by molar-refractivity contribution is -0.272. The van der Waals surface area contributed by atoms with E-state index >= 15 is 0 Å². The number of hydrazone groups is 2. The maximum absolute atomic E-state index is 13.9. The van der Waals surface area contributed by atoms with Crippen molar-refractivity contribution in [1.29, 1.82) is 0 Å². The zero-order valence-corrected chi connectivity index (χ0v) is 67.4. The maximum atomic E-state index is 13.9. The fourth-order valence-corrected chi connectivity index (χ4v) is 12.0. The number of halogens is 5. The molecule has 0 spiro atoms. The predicted molar refractivity (Wildman–Crippen MR) is 416 cm³/mol. The Morgan fingerprint density at radius 3 is 1.15 bits per heavy atom. The summed E-state index contributed by atoms with van der Waals surface area (Å²) in [6, 6.07) is 6.39. The molecule has 0 aromatic heterocycles. The molecule has 120 heavy (non-hydrogen) atoms. The Morgan fingerprint density at radius 1 is 0.458 bits per heavy atom. The summed E-state index contributed by atoms with van der Waals surface area (Å²) in [6.07, 6.45) is -12.7. The van der Waals surface area contributed by atoms with Crippen LogP contribution in [0.5, 0.6) is 28.7 Å². The molecule has 0 aliphatic carbocycles. The number of ether oxygens (including phenoxy) is 14. The van der Waals surface area contributed by atoms with Crippen molar-refractivity contribution < 1.29 is 172 Å². The summed E-state index contributed by atoms with van der Waals surface area (Å²) in [5, 5.41) is 101. The molecule has 3 aromatic carbocycles. The SMILES string of the molecule is NN=C(C=NCCOCCOCCOCCN(CCOCCOCCOCCN=CC(CCCCNC(=O)Nc1ccc(O[C@H]2O[C@H](CCP(=O)(O)O)[C@@H](O)[C@H](O)[C@@H]2O)c(O)c1)=NN)CCOCCOCCOCCC(=O)Oc1c(F)c(F)c(F)c(F)c1F)CCCCNC(=O)Nc1ccc(O[C@H]2O[C@H](CCP(=O)(O)O)[C@@H](O)[C@H](O)[C@@H]2O)c(O)c1. The number of aliphatic hydroxyl groups is 6. The van der Waals surface area contributed by atoms with E-state index < -0.39 is 160 Å². The summed E-state index contributed by atoms with van der Waals surface area (Å²) in [5.74, 6) is -4.77. The van der Waals surface area contributed by atoms with Gasteiger partial charge in [-0.3, -0.25) is 28.8 Å². The highest BCUT2D eigenvalue weighted by Crippen LogP contribution is 2.40. The number of esters is 1. The van der Waals surface area contributed by atoms with Gasteiger partial charge in [-0.1, -0.05) is 0 Å². The lowest BCUT2D eigenvalue weighted by Crippen LogP contribution is -2.59. The zero-order chi connectivity index (χ0) is 87.8. The van der Waals surface area contributed by atoms with Crippen LogP contribution in [0.15, 0.2) is 56.6 Å². The van der Waals surface area contributed by atoms with Crippen LogP contribution in [0, 0.1) is 29.1 Å². The van der Waals surface area contributed by atoms with Crippen LogP contribution in [0.1, 0.15) is 57.8 Å². The van der Waals surface area contributed by atoms with Crippen molar-refractivity contribution in [2.45, 2.75) is 119 Å². The summed E-state index contributed by atoms with van der Waals surface area (Å²) in [7, 11) is -8.95. The number of aliphatic hydroxyl groups excluding tert-OH is 6. The number of rotatable bonds is 61. The molecule has 0 saturated carbocycles. The molecule has 42 nitrogen and oxygen atoms in total. The minimum atomic E-state index is -4.47. The molecular weight excluding hydrogens is 1660 g/mol. The molecule has 2 aliphatic rings. The van der Waals surface area contributed by atoms with E-state index in [-0.39, 0.29) is 81.8 Å². The lowest BCUT2D eigenvalue weighted by atomic mass is 9.97. The van der Waals surface area contributed by atoms with Crippen molar-refractivity contribution in [3.05, 3.63) is 65.5 Å². The number of urea groups is 2. The molecule has 0 unspecified atom stereocenters. The number of aliphatic imine (C=N–C) groups is 2. The van der Waals surface area contributed by atoms with Gasteiger partial charge in [0.05, 0.1) is 174 Å². The normalized spacial score (nSPS) is 20.0. The number of anilines is 2. The summed E-state index contributed by atoms with van der Waals surface area (Å²) in [6.45, 7) is 6.91. The van der Waals surface area contributed by atoms with Crippen LogP contribution in [-0.4, -0.2) is 346 Å². The first-order chi connectivity index (χ1) is 57.4. The molecule has 5 rings (SSSR count). The number of aromatic hydroxyl groups is 2. The van der Waals surface area contributed by atoms with Crippen LogP contribution in [0.25, 0.3) is 0 Å². The molecule has 2 saturated heterocycles. The van der Waals surface area contributed by atoms with Crippen molar-refractivity contribution in [2.24, 2.45) is 31.9 Å². The highest BCUT2D eigenvalue weighted by atomic mass is 31.2. The molecule has 4 amide bonds. The third-order valence-electron chi connectivity index (χ3n) is 17.2. The molecule has 2 fully saturated rings. The van der Waals surface area contributed by atoms with Gasteiger partial charge in [0.25, 0.3) is 0 Å². The monoisotopic (exact) mass is 1770 g/mol. The van der Waals surface area contributed by atoms with Crippen LogP contribution in [0.2, 0.25) is 0 Å². The number of phenols is 2. The number of nitrogens with one attached hydrogen (secondary N) is 4. The molecule has 3 aromatic rings. The number of nitrogens with two attached hydrogens (primary N) is 2. The van der Waals surface area contributed by atoms with Crippen LogP contribution in [0.3, 0.4) is 0 Å². The smallest absolute Gasteiger partial charge is 0.325 e. The van der Waals surface area contributed by atoms with Crippen molar-refractivity contribution in [2.75, 3.05) is 188 Å². The van der Waals surface area contributed by atoms with E-state index in [1.807, 2.05) is 0 Å². The van der Waals surface area contributed by atoms with Gasteiger partial charge in [0, 0.05) is 68.7 Å². The molecule has 10 atom stereocenters. The van der Waals surface area contributed by atoms with Gasteiger partial charge in [-0.05, 0) is 75.6 Å². The van der Waals surface area contributed by atoms with Crippen LogP contribution < -0.4 is 47.2 Å². The van der Waals surface area contributed by atoms with Gasteiger partial charge >= 0.3 is 33.2 Å². The Hall–Kier alpha value is -7.62. The van der Waals surface area contributed by atoms with Crippen LogP contribution in [0.4, 0.5) is 42.9 Å². The average Bonchev–Trinajstić information content (AvgIpc) is 0.808. The van der Waals surface area contributed by atoms with Crippen LogP contribution >= 0.6 is 15.2 Å². The number of nitrogens with zero attached hydrogens (tertiary/aromatic N) is 5. The Morgan fingerprint density at radius 2 is 0.800 bits per heavy atom. The number of carbonyl (C=O) groups is 3. The topological polar surface area (TPSA) is 610 Å². The molecule has 0 radical (unpaired) electrons. The molecule has 20 N–H and O–H groups in total. The first kappa shape index (κ1) is 103. The quantitative estimate of drug-likeness (QED) is 0.00355. The number of carbonyl (C=O) groups excluding carboxylic acids is 3. The van der Waals surface area contributed by atoms with Crippen molar-refractivity contribution >= 4 is 68.5 Å². The second kappa shape index (κ2) is 56.9. The van der Waals surface area contributed by atoms with Gasteiger partial charge in [-0.2, -0.15) is 19.0 Å². The molecule has 680 valence electrons. The molecule has 0 bridgehead atoms. The third kappa shape index (κ3) is 40.6. The van der Waals surface area contributed by atoms with Crippen molar-refractivity contribution in [1.82, 2.24) is 15.5 Å². The highest BCUT2D eigenvalue weighted by Gasteiger charge is 2.47. The highest BCUT2D eigenvalue weighted by molar-refractivity contribution is 7.52. The number of benzene rings is 3. The second-order valence-corrected chi connectivity index (χ2v) is 30.0. The minimum Gasteiger partial charge on any atom is -0.504 e. The molecular formula is C71H110F5N11O31P2. The fraction of sp³-hybridized carbons (Fsp3) is 0.648. The largest absolute Gasteiger partial charge is 0.504 e. The van der Waals surface area contributed by atoms with Gasteiger partial charge in [0.2, 0.25) is 47.4 Å². The van der Waals surface area contributed by atoms with Gasteiger partial charge in [0.15, 0.2) is 23.0 Å². The number of hydrogen-bond acceptors (Lipinski definition) is 34.